The Morgan fingerprint density at radius 2 is 1.44 bits per heavy atom. The Bertz CT molecular complexity index is 210. The number of aliphatic carboxylic acids is 2. The predicted molar refractivity (Wildman–Crippen MR) is 60.4 cm³/mol. The molecule has 0 unspecified atom stereocenters. The fourth-order valence-electron chi connectivity index (χ4n) is 1.28. The summed E-state index contributed by atoms with van der Waals surface area (Å²) in [5, 5.41) is 17.1. The van der Waals surface area contributed by atoms with Crippen LogP contribution in [0.15, 0.2) is 0 Å². The molecule has 0 saturated carbocycles. The molecule has 94 valence electrons. The second-order valence-electron chi connectivity index (χ2n) is 4.31. The third-order valence-corrected chi connectivity index (χ3v) is 2.31. The van der Waals surface area contributed by atoms with E-state index in [4.69, 9.17) is 10.2 Å². The smallest absolute Gasteiger partial charge is 0.304 e. The average Bonchev–Trinajstić information content (AvgIpc) is 2.15. The molecule has 0 aromatic rings. The van der Waals surface area contributed by atoms with Gasteiger partial charge in [0.1, 0.15) is 0 Å². The molecule has 16 heavy (non-hydrogen) atoms. The number of nitrogens with zero attached hydrogens (tertiary/aromatic N) is 1. The molecule has 0 spiro atoms. The molecule has 5 nitrogen and oxygen atoms in total. The molecule has 0 aliphatic rings. The highest BCUT2D eigenvalue weighted by atomic mass is 16.4. The molecule has 0 saturated heterocycles. The summed E-state index contributed by atoms with van der Waals surface area (Å²) in [5.74, 6) is -1.15. The lowest BCUT2D eigenvalue weighted by Crippen LogP contribution is -2.30. The second kappa shape index (κ2) is 8.10. The number of hydrogen-bond acceptors (Lipinski definition) is 3. The highest BCUT2D eigenvalue weighted by Gasteiger charge is 2.10. The fourth-order valence-corrected chi connectivity index (χ4v) is 1.28. The van der Waals surface area contributed by atoms with Gasteiger partial charge in [-0.1, -0.05) is 13.8 Å². The molecule has 0 aliphatic heterocycles. The number of rotatable bonds is 9. The van der Waals surface area contributed by atoms with Crippen LogP contribution in [0, 0.1) is 5.92 Å². The van der Waals surface area contributed by atoms with Crippen molar-refractivity contribution in [2.45, 2.75) is 33.1 Å². The molecule has 5 heteroatoms. The SMILES string of the molecule is CC(C)CCN(CCC(=O)O)CCC(=O)O. The Morgan fingerprint density at radius 3 is 1.75 bits per heavy atom. The van der Waals surface area contributed by atoms with Crippen LogP contribution in [-0.4, -0.2) is 46.7 Å². The zero-order chi connectivity index (χ0) is 12.6. The molecular formula is C11H21NO4. The first-order valence-electron chi connectivity index (χ1n) is 5.57. The molecule has 0 heterocycles. The van der Waals surface area contributed by atoms with Crippen LogP contribution in [0.5, 0.6) is 0 Å². The normalized spacial score (nSPS) is 11.0. The molecule has 0 fully saturated rings. The van der Waals surface area contributed by atoms with Crippen molar-refractivity contribution in [2.24, 2.45) is 5.92 Å². The summed E-state index contributed by atoms with van der Waals surface area (Å²) in [6.07, 6.45) is 1.09. The number of carboxylic acids is 2. The van der Waals surface area contributed by atoms with Gasteiger partial charge in [0, 0.05) is 13.1 Å². The minimum atomic E-state index is -0.843. The molecule has 0 radical (unpaired) electrons. The quantitative estimate of drug-likeness (QED) is 0.625. The van der Waals surface area contributed by atoms with Crippen LogP contribution in [0.3, 0.4) is 0 Å². The van der Waals surface area contributed by atoms with Crippen molar-refractivity contribution in [2.75, 3.05) is 19.6 Å². The number of hydrogen-bond donors (Lipinski definition) is 2. The first-order valence-corrected chi connectivity index (χ1v) is 5.57. The number of carbonyl (C=O) groups is 2. The van der Waals surface area contributed by atoms with E-state index in [9.17, 15) is 9.59 Å². The van der Waals surface area contributed by atoms with Crippen molar-refractivity contribution in [1.29, 1.82) is 0 Å². The van der Waals surface area contributed by atoms with E-state index in [1.165, 1.54) is 0 Å². The second-order valence-corrected chi connectivity index (χ2v) is 4.31. The van der Waals surface area contributed by atoms with Crippen molar-refractivity contribution in [3.8, 4) is 0 Å². The van der Waals surface area contributed by atoms with Crippen LogP contribution in [0.2, 0.25) is 0 Å². The highest BCUT2D eigenvalue weighted by molar-refractivity contribution is 5.67. The highest BCUT2D eigenvalue weighted by Crippen LogP contribution is 2.03. The van der Waals surface area contributed by atoms with Crippen LogP contribution in [0.25, 0.3) is 0 Å². The van der Waals surface area contributed by atoms with Crippen molar-refractivity contribution in [3.05, 3.63) is 0 Å². The Labute approximate surface area is 96.1 Å². The Balaban J connectivity index is 3.94. The van der Waals surface area contributed by atoms with E-state index in [-0.39, 0.29) is 12.8 Å². The topological polar surface area (TPSA) is 77.8 Å². The lowest BCUT2D eigenvalue weighted by Gasteiger charge is -2.21. The van der Waals surface area contributed by atoms with Crippen molar-refractivity contribution in [3.63, 3.8) is 0 Å². The lowest BCUT2D eigenvalue weighted by molar-refractivity contribution is -0.137. The van der Waals surface area contributed by atoms with Crippen LogP contribution < -0.4 is 0 Å². The van der Waals surface area contributed by atoms with E-state index in [1.807, 2.05) is 4.90 Å². The maximum absolute atomic E-state index is 10.4. The summed E-state index contributed by atoms with van der Waals surface area (Å²) in [6.45, 7) is 5.79. The van der Waals surface area contributed by atoms with Gasteiger partial charge in [-0.15, -0.1) is 0 Å². The van der Waals surface area contributed by atoms with E-state index in [2.05, 4.69) is 13.8 Å². The van der Waals surface area contributed by atoms with Gasteiger partial charge < -0.3 is 15.1 Å². The molecule has 0 rings (SSSR count). The van der Waals surface area contributed by atoms with Crippen molar-refractivity contribution < 1.29 is 19.8 Å². The largest absolute Gasteiger partial charge is 0.481 e. The van der Waals surface area contributed by atoms with Gasteiger partial charge in [0.05, 0.1) is 12.8 Å². The van der Waals surface area contributed by atoms with Gasteiger partial charge in [0.15, 0.2) is 0 Å². The molecule has 0 atom stereocenters. The molecule has 0 amide bonds. The zero-order valence-electron chi connectivity index (χ0n) is 9.98. The van der Waals surface area contributed by atoms with E-state index in [0.29, 0.717) is 19.0 Å². The monoisotopic (exact) mass is 231 g/mol. The van der Waals surface area contributed by atoms with E-state index < -0.39 is 11.9 Å². The van der Waals surface area contributed by atoms with Gasteiger partial charge in [0.25, 0.3) is 0 Å². The van der Waals surface area contributed by atoms with Gasteiger partial charge in [-0.3, -0.25) is 9.59 Å². The molecule has 0 aliphatic carbocycles. The Hall–Kier alpha value is -1.10. The van der Waals surface area contributed by atoms with Gasteiger partial charge in [-0.25, -0.2) is 0 Å². The van der Waals surface area contributed by atoms with Crippen LogP contribution in [0.4, 0.5) is 0 Å². The first-order chi connectivity index (χ1) is 7.41. The van der Waals surface area contributed by atoms with Gasteiger partial charge in [-0.2, -0.15) is 0 Å². The fraction of sp³-hybridized carbons (Fsp3) is 0.818. The van der Waals surface area contributed by atoms with Gasteiger partial charge >= 0.3 is 11.9 Å². The van der Waals surface area contributed by atoms with E-state index in [1.54, 1.807) is 0 Å². The maximum atomic E-state index is 10.4. The zero-order valence-corrected chi connectivity index (χ0v) is 9.98. The Kier molecular flexibility index (Phi) is 7.54. The van der Waals surface area contributed by atoms with Gasteiger partial charge in [0.2, 0.25) is 0 Å². The van der Waals surface area contributed by atoms with E-state index >= 15 is 0 Å². The van der Waals surface area contributed by atoms with Crippen LogP contribution in [0.1, 0.15) is 33.1 Å². The summed E-state index contributed by atoms with van der Waals surface area (Å²) in [5.41, 5.74) is 0. The first kappa shape index (κ1) is 14.9. The predicted octanol–water partition coefficient (Wildman–Crippen LogP) is 1.28. The summed E-state index contributed by atoms with van der Waals surface area (Å²) >= 11 is 0. The molecule has 0 bridgehead atoms. The summed E-state index contributed by atoms with van der Waals surface area (Å²) in [7, 11) is 0. The summed E-state index contributed by atoms with van der Waals surface area (Å²) in [6, 6.07) is 0. The average molecular weight is 231 g/mol. The minimum absolute atomic E-state index is 0.0672. The van der Waals surface area contributed by atoms with Crippen molar-refractivity contribution in [1.82, 2.24) is 4.90 Å². The maximum Gasteiger partial charge on any atom is 0.304 e. The van der Waals surface area contributed by atoms with E-state index in [0.717, 1.165) is 13.0 Å². The summed E-state index contributed by atoms with van der Waals surface area (Å²) < 4.78 is 0. The van der Waals surface area contributed by atoms with Crippen LogP contribution in [-0.2, 0) is 9.59 Å². The molecular weight excluding hydrogens is 210 g/mol. The van der Waals surface area contributed by atoms with Gasteiger partial charge in [-0.05, 0) is 18.9 Å². The molecule has 0 aromatic carbocycles. The third-order valence-electron chi connectivity index (χ3n) is 2.31. The summed E-state index contributed by atoms with van der Waals surface area (Å²) in [4.78, 5) is 22.8. The minimum Gasteiger partial charge on any atom is -0.481 e. The van der Waals surface area contributed by atoms with Crippen LogP contribution >= 0.6 is 0 Å². The van der Waals surface area contributed by atoms with Crippen molar-refractivity contribution >= 4 is 11.9 Å². The Morgan fingerprint density at radius 1 is 1.00 bits per heavy atom. The number of carboxylic acid groups (broad SMARTS) is 2. The molecule has 0 aromatic heterocycles. The molecule has 2 N–H and O–H groups in total. The standard InChI is InChI=1S/C11H21NO4/c1-9(2)3-6-12(7-4-10(13)14)8-5-11(15)16/h9H,3-8H2,1-2H3,(H,13,14)(H,15,16). The lowest BCUT2D eigenvalue weighted by atomic mass is 10.1. The third kappa shape index (κ3) is 9.45.